The first kappa shape index (κ1) is 14.9. The minimum absolute atomic E-state index is 1.06. The van der Waals surface area contributed by atoms with E-state index in [1.165, 1.54) is 26.8 Å². The van der Waals surface area contributed by atoms with Crippen molar-refractivity contribution >= 4 is 32.6 Å². The first-order chi connectivity index (χ1) is 11.8. The van der Waals surface area contributed by atoms with E-state index in [9.17, 15) is 0 Å². The van der Waals surface area contributed by atoms with E-state index in [0.717, 1.165) is 10.6 Å². The van der Waals surface area contributed by atoms with E-state index in [2.05, 4.69) is 79.7 Å². The average molecular weight is 327 g/mol. The van der Waals surface area contributed by atoms with E-state index in [0.29, 0.717) is 0 Å². The molecular weight excluding hydrogens is 310 g/mol. The third kappa shape index (κ3) is 2.89. The molecule has 0 spiro atoms. The topological polar surface area (TPSA) is 12.4 Å². The van der Waals surface area contributed by atoms with Crippen molar-refractivity contribution < 1.29 is 0 Å². The Morgan fingerprint density at radius 1 is 0.792 bits per heavy atom. The number of rotatable bonds is 3. The van der Waals surface area contributed by atoms with Gasteiger partial charge in [0, 0.05) is 21.9 Å². The van der Waals surface area contributed by atoms with E-state index in [1.807, 2.05) is 12.3 Å². The summed E-state index contributed by atoms with van der Waals surface area (Å²) >= 11 is 1.74. The van der Waals surface area contributed by atoms with Crippen LogP contribution in [0, 0.1) is 6.92 Å². The highest BCUT2D eigenvalue weighted by atomic mass is 32.1. The molecule has 0 aliphatic carbocycles. The molecule has 0 atom stereocenters. The van der Waals surface area contributed by atoms with Crippen molar-refractivity contribution in [3.8, 4) is 11.1 Å². The zero-order valence-corrected chi connectivity index (χ0v) is 14.3. The Morgan fingerprint density at radius 3 is 2.29 bits per heavy atom. The second-order valence-corrected chi connectivity index (χ2v) is 6.84. The van der Waals surface area contributed by atoms with Gasteiger partial charge in [-0.3, -0.25) is 0 Å². The van der Waals surface area contributed by atoms with Gasteiger partial charge in [-0.25, -0.2) is 4.99 Å². The van der Waals surface area contributed by atoms with Crippen LogP contribution in [0.1, 0.15) is 11.1 Å². The van der Waals surface area contributed by atoms with E-state index in [-0.39, 0.29) is 0 Å². The lowest BCUT2D eigenvalue weighted by atomic mass is 10.0. The van der Waals surface area contributed by atoms with Gasteiger partial charge >= 0.3 is 0 Å². The molecule has 0 N–H and O–H groups in total. The third-order valence-electron chi connectivity index (χ3n) is 4.05. The fourth-order valence-corrected chi connectivity index (χ4v) is 3.86. The summed E-state index contributed by atoms with van der Waals surface area (Å²) in [5.74, 6) is 0. The zero-order valence-electron chi connectivity index (χ0n) is 13.4. The fourth-order valence-electron chi connectivity index (χ4n) is 2.79. The molecule has 3 aromatic carbocycles. The maximum absolute atomic E-state index is 4.81. The largest absolute Gasteiger partial charge is 0.245 e. The molecule has 0 aliphatic rings. The quantitative estimate of drug-likeness (QED) is 0.375. The van der Waals surface area contributed by atoms with Gasteiger partial charge in [0.15, 0.2) is 0 Å². The summed E-state index contributed by atoms with van der Waals surface area (Å²) in [6.07, 6.45) is 1.95. The second kappa shape index (κ2) is 6.42. The van der Waals surface area contributed by atoms with Crippen LogP contribution in [-0.4, -0.2) is 6.21 Å². The van der Waals surface area contributed by atoms with Crippen LogP contribution in [0.3, 0.4) is 0 Å². The lowest BCUT2D eigenvalue weighted by molar-refractivity contribution is 1.46. The molecule has 0 aliphatic heterocycles. The summed E-state index contributed by atoms with van der Waals surface area (Å²) in [7, 11) is 0. The van der Waals surface area contributed by atoms with Gasteiger partial charge in [0.2, 0.25) is 0 Å². The van der Waals surface area contributed by atoms with E-state index < -0.39 is 0 Å². The van der Waals surface area contributed by atoms with Crippen molar-refractivity contribution in [3.05, 3.63) is 90.0 Å². The second-order valence-electron chi connectivity index (χ2n) is 5.81. The number of nitrogens with zero attached hydrogens (tertiary/aromatic N) is 1. The number of aryl methyl sites for hydroxylation is 1. The molecule has 4 aromatic rings. The smallest absolute Gasteiger partial charge is 0.125 e. The van der Waals surface area contributed by atoms with Crippen molar-refractivity contribution in [3.63, 3.8) is 0 Å². The monoisotopic (exact) mass is 327 g/mol. The maximum Gasteiger partial charge on any atom is 0.125 e. The molecule has 0 fully saturated rings. The number of hydrogen-bond acceptors (Lipinski definition) is 2. The standard InChI is InChI=1S/C22H17NS/c1-16-11-13-17(14-12-16)15-23-22-21(18-7-3-2-4-8-18)19-9-5-6-10-20(19)24-22/h2-15H,1H3. The predicted molar refractivity (Wildman–Crippen MR) is 106 cm³/mol. The molecular formula is C22H17NS. The van der Waals surface area contributed by atoms with Crippen LogP contribution in [0.25, 0.3) is 21.2 Å². The predicted octanol–water partition coefficient (Wildman–Crippen LogP) is 6.63. The first-order valence-corrected chi connectivity index (χ1v) is 8.80. The van der Waals surface area contributed by atoms with E-state index in [4.69, 9.17) is 4.99 Å². The Balaban J connectivity index is 1.84. The van der Waals surface area contributed by atoms with Crippen LogP contribution in [0.2, 0.25) is 0 Å². The minimum atomic E-state index is 1.06. The summed E-state index contributed by atoms with van der Waals surface area (Å²) in [6.45, 7) is 2.10. The molecule has 0 unspecified atom stereocenters. The Bertz CT molecular complexity index is 995. The lowest BCUT2D eigenvalue weighted by Crippen LogP contribution is -1.81. The van der Waals surface area contributed by atoms with Crippen LogP contribution in [0.5, 0.6) is 0 Å². The Morgan fingerprint density at radius 2 is 1.50 bits per heavy atom. The zero-order chi connectivity index (χ0) is 16.4. The minimum Gasteiger partial charge on any atom is -0.245 e. The summed E-state index contributed by atoms with van der Waals surface area (Å²) in [5.41, 5.74) is 4.82. The molecule has 0 saturated heterocycles. The van der Waals surface area contributed by atoms with Gasteiger partial charge in [-0.1, -0.05) is 78.4 Å². The highest BCUT2D eigenvalue weighted by molar-refractivity contribution is 7.23. The van der Waals surface area contributed by atoms with Gasteiger partial charge in [-0.15, -0.1) is 11.3 Å². The Labute approximate surface area is 145 Å². The Hall–Kier alpha value is -2.71. The molecule has 4 rings (SSSR count). The molecule has 0 radical (unpaired) electrons. The molecule has 0 saturated carbocycles. The first-order valence-electron chi connectivity index (χ1n) is 7.99. The fraction of sp³-hybridized carbons (Fsp3) is 0.0455. The number of benzene rings is 3. The highest BCUT2D eigenvalue weighted by Gasteiger charge is 2.12. The van der Waals surface area contributed by atoms with E-state index in [1.54, 1.807) is 11.3 Å². The average Bonchev–Trinajstić information content (AvgIpc) is 3.00. The van der Waals surface area contributed by atoms with E-state index >= 15 is 0 Å². The van der Waals surface area contributed by atoms with Crippen molar-refractivity contribution in [1.29, 1.82) is 0 Å². The molecule has 0 amide bonds. The van der Waals surface area contributed by atoms with Crippen molar-refractivity contribution in [1.82, 2.24) is 0 Å². The van der Waals surface area contributed by atoms with Crippen LogP contribution in [0.15, 0.2) is 83.9 Å². The van der Waals surface area contributed by atoms with Gasteiger partial charge in [-0.05, 0) is 24.1 Å². The molecule has 1 nitrogen and oxygen atoms in total. The van der Waals surface area contributed by atoms with Crippen LogP contribution in [-0.2, 0) is 0 Å². The molecule has 1 aromatic heterocycles. The molecule has 2 heteroatoms. The highest BCUT2D eigenvalue weighted by Crippen LogP contribution is 2.44. The van der Waals surface area contributed by atoms with Gasteiger partial charge in [0.1, 0.15) is 5.00 Å². The van der Waals surface area contributed by atoms with Crippen molar-refractivity contribution in [2.75, 3.05) is 0 Å². The molecule has 0 bridgehead atoms. The summed E-state index contributed by atoms with van der Waals surface area (Å²) in [6, 6.07) is 27.5. The number of hydrogen-bond donors (Lipinski definition) is 0. The number of aliphatic imine (C=N–C) groups is 1. The van der Waals surface area contributed by atoms with Gasteiger partial charge in [-0.2, -0.15) is 0 Å². The molecule has 116 valence electrons. The summed E-state index contributed by atoms with van der Waals surface area (Å²) in [5, 5.41) is 2.33. The summed E-state index contributed by atoms with van der Waals surface area (Å²) in [4.78, 5) is 4.81. The number of fused-ring (bicyclic) bond motifs is 1. The molecule has 24 heavy (non-hydrogen) atoms. The van der Waals surface area contributed by atoms with Crippen LogP contribution >= 0.6 is 11.3 Å². The SMILES string of the molecule is Cc1ccc(C=Nc2sc3ccccc3c2-c2ccccc2)cc1. The maximum atomic E-state index is 4.81. The van der Waals surface area contributed by atoms with Gasteiger partial charge in [0.05, 0.1) is 0 Å². The van der Waals surface area contributed by atoms with Gasteiger partial charge in [0.25, 0.3) is 0 Å². The van der Waals surface area contributed by atoms with Crippen LogP contribution in [0.4, 0.5) is 5.00 Å². The number of thiophene rings is 1. The van der Waals surface area contributed by atoms with Crippen molar-refractivity contribution in [2.24, 2.45) is 4.99 Å². The third-order valence-corrected chi connectivity index (χ3v) is 5.13. The molecule has 1 heterocycles. The van der Waals surface area contributed by atoms with Crippen molar-refractivity contribution in [2.45, 2.75) is 6.92 Å². The lowest BCUT2D eigenvalue weighted by Gasteiger charge is -2.02. The summed E-state index contributed by atoms with van der Waals surface area (Å²) < 4.78 is 1.27. The van der Waals surface area contributed by atoms with Crippen LogP contribution < -0.4 is 0 Å². The Kier molecular flexibility index (Phi) is 3.97. The van der Waals surface area contributed by atoms with Gasteiger partial charge < -0.3 is 0 Å². The normalized spacial score (nSPS) is 11.4.